The fourth-order valence-corrected chi connectivity index (χ4v) is 1.89. The van der Waals surface area contributed by atoms with Gasteiger partial charge in [0.15, 0.2) is 11.9 Å². The van der Waals surface area contributed by atoms with Crippen LogP contribution in [0.5, 0.6) is 5.75 Å². The van der Waals surface area contributed by atoms with Crippen LogP contribution in [0.1, 0.15) is 50.0 Å². The van der Waals surface area contributed by atoms with Crippen LogP contribution in [-0.2, 0) is 4.79 Å². The van der Waals surface area contributed by atoms with Crippen molar-refractivity contribution in [1.29, 1.82) is 0 Å². The summed E-state index contributed by atoms with van der Waals surface area (Å²) >= 11 is 0. The monoisotopic (exact) mass is 291 g/mol. The molecule has 1 rings (SSSR count). The van der Waals surface area contributed by atoms with Gasteiger partial charge < -0.3 is 10.1 Å². The predicted molar refractivity (Wildman–Crippen MR) is 83.7 cm³/mol. The first kappa shape index (κ1) is 17.2. The quantitative estimate of drug-likeness (QED) is 0.785. The highest BCUT2D eigenvalue weighted by atomic mass is 16.5. The van der Waals surface area contributed by atoms with Crippen molar-refractivity contribution in [2.75, 3.05) is 6.54 Å². The average Bonchev–Trinajstić information content (AvgIpc) is 2.39. The van der Waals surface area contributed by atoms with Crippen molar-refractivity contribution >= 4 is 11.7 Å². The molecule has 0 saturated heterocycles. The lowest BCUT2D eigenvalue weighted by Gasteiger charge is -2.17. The number of aryl methyl sites for hydroxylation is 1. The van der Waals surface area contributed by atoms with Gasteiger partial charge in [0.1, 0.15) is 5.75 Å². The Labute approximate surface area is 126 Å². The lowest BCUT2D eigenvalue weighted by atomic mass is 10.1. The second-order valence-corrected chi connectivity index (χ2v) is 5.79. The molecule has 1 amide bonds. The zero-order chi connectivity index (χ0) is 16.0. The van der Waals surface area contributed by atoms with E-state index in [0.717, 1.165) is 12.0 Å². The van der Waals surface area contributed by atoms with Crippen molar-refractivity contribution in [1.82, 2.24) is 5.32 Å². The Kier molecular flexibility index (Phi) is 6.40. The molecule has 21 heavy (non-hydrogen) atoms. The van der Waals surface area contributed by atoms with Crippen LogP contribution in [0.4, 0.5) is 0 Å². The van der Waals surface area contributed by atoms with Crippen LogP contribution in [0.25, 0.3) is 0 Å². The predicted octanol–water partition coefficient (Wildman–Crippen LogP) is 3.13. The van der Waals surface area contributed by atoms with E-state index in [0.29, 0.717) is 23.8 Å². The Bertz CT molecular complexity index is 509. The molecule has 1 aromatic carbocycles. The molecule has 0 aliphatic heterocycles. The molecule has 0 spiro atoms. The highest BCUT2D eigenvalue weighted by Crippen LogP contribution is 2.21. The summed E-state index contributed by atoms with van der Waals surface area (Å²) in [5, 5.41) is 2.85. The largest absolute Gasteiger partial charge is 0.480 e. The molecule has 0 aliphatic carbocycles. The topological polar surface area (TPSA) is 55.4 Å². The van der Waals surface area contributed by atoms with Crippen LogP contribution in [0.3, 0.4) is 0 Å². The first-order valence-corrected chi connectivity index (χ1v) is 7.37. The zero-order valence-corrected chi connectivity index (χ0v) is 13.5. The number of Topliss-reactive ketones (excluding diaryl/α,β-unsaturated/α-hetero) is 1. The van der Waals surface area contributed by atoms with E-state index < -0.39 is 6.10 Å². The summed E-state index contributed by atoms with van der Waals surface area (Å²) < 4.78 is 5.65. The molecule has 0 aliphatic rings. The lowest BCUT2D eigenvalue weighted by Crippen LogP contribution is -2.37. The Hall–Kier alpha value is -1.84. The van der Waals surface area contributed by atoms with Gasteiger partial charge in [-0.3, -0.25) is 9.59 Å². The molecule has 1 atom stereocenters. The highest BCUT2D eigenvalue weighted by Gasteiger charge is 2.17. The number of rotatable bonds is 7. The number of carbonyl (C=O) groups is 2. The first-order valence-electron chi connectivity index (χ1n) is 7.37. The van der Waals surface area contributed by atoms with E-state index in [4.69, 9.17) is 4.74 Å². The smallest absolute Gasteiger partial charge is 0.260 e. The number of hydrogen-bond donors (Lipinski definition) is 1. The Morgan fingerprint density at radius 2 is 1.90 bits per heavy atom. The fourth-order valence-electron chi connectivity index (χ4n) is 1.89. The van der Waals surface area contributed by atoms with Crippen LogP contribution in [0.15, 0.2) is 18.2 Å². The van der Waals surface area contributed by atoms with E-state index in [2.05, 4.69) is 19.2 Å². The molecule has 0 bridgehead atoms. The van der Waals surface area contributed by atoms with E-state index >= 15 is 0 Å². The Morgan fingerprint density at radius 3 is 2.48 bits per heavy atom. The number of nitrogens with one attached hydrogen (secondary N) is 1. The molecule has 0 aromatic heterocycles. The third kappa shape index (κ3) is 5.58. The molecule has 4 nitrogen and oxygen atoms in total. The van der Waals surface area contributed by atoms with Crippen LogP contribution in [-0.4, -0.2) is 24.3 Å². The Balaban J connectivity index is 2.68. The van der Waals surface area contributed by atoms with Crippen molar-refractivity contribution in [2.24, 2.45) is 5.92 Å². The van der Waals surface area contributed by atoms with Crippen LogP contribution < -0.4 is 10.1 Å². The number of amides is 1. The molecule has 0 fully saturated rings. The Morgan fingerprint density at radius 1 is 1.24 bits per heavy atom. The van der Waals surface area contributed by atoms with Crippen molar-refractivity contribution in [3.05, 3.63) is 29.3 Å². The molecule has 4 heteroatoms. The first-order chi connectivity index (χ1) is 9.81. The summed E-state index contributed by atoms with van der Waals surface area (Å²) in [4.78, 5) is 23.6. The van der Waals surface area contributed by atoms with Gasteiger partial charge in [0.25, 0.3) is 5.91 Å². The van der Waals surface area contributed by atoms with Crippen molar-refractivity contribution < 1.29 is 14.3 Å². The minimum Gasteiger partial charge on any atom is -0.480 e. The molecule has 0 heterocycles. The van der Waals surface area contributed by atoms with Crippen molar-refractivity contribution in [3.63, 3.8) is 0 Å². The van der Waals surface area contributed by atoms with Crippen molar-refractivity contribution in [2.45, 2.75) is 47.1 Å². The molecule has 116 valence electrons. The van der Waals surface area contributed by atoms with Gasteiger partial charge in [-0.1, -0.05) is 25.5 Å². The second-order valence-electron chi connectivity index (χ2n) is 5.79. The normalized spacial score (nSPS) is 12.1. The van der Waals surface area contributed by atoms with Gasteiger partial charge in [0, 0.05) is 6.54 Å². The second kappa shape index (κ2) is 7.81. The van der Waals surface area contributed by atoms with E-state index in [1.807, 2.05) is 13.0 Å². The summed E-state index contributed by atoms with van der Waals surface area (Å²) in [5.74, 6) is 0.773. The summed E-state index contributed by atoms with van der Waals surface area (Å²) in [6, 6.07) is 5.39. The number of benzene rings is 1. The van der Waals surface area contributed by atoms with Crippen LogP contribution in [0, 0.1) is 12.8 Å². The maximum atomic E-state index is 12.0. The number of carbonyl (C=O) groups excluding carboxylic acids is 2. The molecule has 1 N–H and O–H groups in total. The van der Waals surface area contributed by atoms with Gasteiger partial charge in [-0.2, -0.15) is 0 Å². The third-order valence-corrected chi connectivity index (χ3v) is 3.21. The van der Waals surface area contributed by atoms with E-state index in [-0.39, 0.29) is 11.7 Å². The minimum atomic E-state index is -0.627. The van der Waals surface area contributed by atoms with Crippen LogP contribution >= 0.6 is 0 Å². The number of hydrogen-bond acceptors (Lipinski definition) is 3. The molecular formula is C17H25NO3. The minimum absolute atomic E-state index is 0.0684. The van der Waals surface area contributed by atoms with Gasteiger partial charge in [0.2, 0.25) is 0 Å². The van der Waals surface area contributed by atoms with Crippen LogP contribution in [0.2, 0.25) is 0 Å². The molecule has 0 radical (unpaired) electrons. The SMILES string of the molecule is CC(=O)c1cc(C)ccc1OC(C)C(=O)NCCC(C)C. The van der Waals surface area contributed by atoms with E-state index in [1.54, 1.807) is 19.1 Å². The number of ether oxygens (including phenoxy) is 1. The summed E-state index contributed by atoms with van der Waals surface area (Å²) in [6.07, 6.45) is 0.305. The summed E-state index contributed by atoms with van der Waals surface area (Å²) in [6.45, 7) is 9.95. The lowest BCUT2D eigenvalue weighted by molar-refractivity contribution is -0.127. The van der Waals surface area contributed by atoms with Crippen molar-refractivity contribution in [3.8, 4) is 5.75 Å². The maximum absolute atomic E-state index is 12.0. The maximum Gasteiger partial charge on any atom is 0.260 e. The highest BCUT2D eigenvalue weighted by molar-refractivity contribution is 5.97. The summed E-state index contributed by atoms with van der Waals surface area (Å²) in [5.41, 5.74) is 1.50. The van der Waals surface area contributed by atoms with Gasteiger partial charge in [-0.25, -0.2) is 0 Å². The molecule has 0 saturated carbocycles. The summed E-state index contributed by atoms with van der Waals surface area (Å²) in [7, 11) is 0. The molecular weight excluding hydrogens is 266 g/mol. The van der Waals surface area contributed by atoms with Gasteiger partial charge in [-0.15, -0.1) is 0 Å². The molecule has 1 aromatic rings. The van der Waals surface area contributed by atoms with Gasteiger partial charge in [0.05, 0.1) is 5.56 Å². The van der Waals surface area contributed by atoms with E-state index in [1.165, 1.54) is 6.92 Å². The van der Waals surface area contributed by atoms with Gasteiger partial charge >= 0.3 is 0 Å². The number of ketones is 1. The van der Waals surface area contributed by atoms with Gasteiger partial charge in [-0.05, 0) is 45.2 Å². The zero-order valence-electron chi connectivity index (χ0n) is 13.5. The fraction of sp³-hybridized carbons (Fsp3) is 0.529. The molecule has 1 unspecified atom stereocenters. The third-order valence-electron chi connectivity index (χ3n) is 3.21. The standard InChI is InChI=1S/C17H25NO3/c1-11(2)8-9-18-17(20)14(5)21-16-7-6-12(3)10-15(16)13(4)19/h6-7,10-11,14H,8-9H2,1-5H3,(H,18,20). The van der Waals surface area contributed by atoms with E-state index in [9.17, 15) is 9.59 Å². The average molecular weight is 291 g/mol.